The lowest BCUT2D eigenvalue weighted by Gasteiger charge is -2.21. The van der Waals surface area contributed by atoms with E-state index in [0.29, 0.717) is 23.2 Å². The van der Waals surface area contributed by atoms with E-state index in [1.165, 1.54) is 23.1 Å². The molecule has 3 rings (SSSR count). The number of aromatic nitrogens is 1. The molecule has 0 spiro atoms. The van der Waals surface area contributed by atoms with E-state index in [4.69, 9.17) is 0 Å². The first-order valence-electron chi connectivity index (χ1n) is 9.55. The Labute approximate surface area is 200 Å². The third-order valence-electron chi connectivity index (χ3n) is 4.58. The summed E-state index contributed by atoms with van der Waals surface area (Å²) in [6.07, 6.45) is 0.561. The number of nitro benzene ring substituents is 1. The Morgan fingerprint density at radius 2 is 1.82 bits per heavy atom. The van der Waals surface area contributed by atoms with E-state index in [1.807, 2.05) is 19.0 Å². The molecule has 178 valence electrons. The molecule has 0 aliphatic rings. The molecule has 0 aliphatic heterocycles. The summed E-state index contributed by atoms with van der Waals surface area (Å²) in [5, 5.41) is 11.3. The van der Waals surface area contributed by atoms with Crippen LogP contribution in [0.4, 0.5) is 15.2 Å². The summed E-state index contributed by atoms with van der Waals surface area (Å²) in [5.41, 5.74) is 0.375. The maximum atomic E-state index is 13.1. The minimum atomic E-state index is -4.00. The van der Waals surface area contributed by atoms with Crippen LogP contribution in [0, 0.1) is 15.9 Å². The van der Waals surface area contributed by atoms with Gasteiger partial charge in [0, 0.05) is 18.7 Å². The molecule has 0 radical (unpaired) electrons. The normalized spacial score (nSPS) is 11.4. The number of nitrogens with zero attached hydrogens (tertiary/aromatic N) is 4. The van der Waals surface area contributed by atoms with Gasteiger partial charge in [-0.3, -0.25) is 19.8 Å². The number of non-ortho nitro benzene ring substituents is 1. The van der Waals surface area contributed by atoms with Gasteiger partial charge < -0.3 is 4.90 Å². The van der Waals surface area contributed by atoms with Crippen LogP contribution in [0.25, 0.3) is 10.2 Å². The maximum absolute atomic E-state index is 13.1. The molecule has 13 heteroatoms. The van der Waals surface area contributed by atoms with Crippen LogP contribution in [0.2, 0.25) is 0 Å². The molecule has 0 unspecified atom stereocenters. The van der Waals surface area contributed by atoms with E-state index in [1.54, 1.807) is 0 Å². The molecule has 0 bridgehead atoms. The highest BCUT2D eigenvalue weighted by molar-refractivity contribution is 7.92. The number of amides is 1. The molecule has 2 aromatic carbocycles. The Balaban J connectivity index is 0.00000385. The average molecular weight is 517 g/mol. The Bertz CT molecular complexity index is 1250. The average Bonchev–Trinajstić information content (AvgIpc) is 3.13. The molecule has 9 nitrogen and oxygen atoms in total. The van der Waals surface area contributed by atoms with E-state index < -0.39 is 32.2 Å². The summed E-state index contributed by atoms with van der Waals surface area (Å²) in [6, 6.07) is 8.46. The molecule has 3 aromatic rings. The molecule has 0 aliphatic carbocycles. The van der Waals surface area contributed by atoms with Crippen LogP contribution in [0.15, 0.2) is 47.4 Å². The smallest absolute Gasteiger partial charge is 0.270 e. The van der Waals surface area contributed by atoms with Gasteiger partial charge in [0.25, 0.3) is 5.69 Å². The molecule has 1 heterocycles. The predicted molar refractivity (Wildman–Crippen MR) is 127 cm³/mol. The number of hydrogen-bond donors (Lipinski definition) is 0. The third kappa shape index (κ3) is 6.67. The number of carbonyl (C=O) groups is 1. The fourth-order valence-corrected chi connectivity index (χ4v) is 5.21. The van der Waals surface area contributed by atoms with Crippen molar-refractivity contribution in [3.8, 4) is 0 Å². The van der Waals surface area contributed by atoms with E-state index in [0.717, 1.165) is 35.6 Å². The van der Waals surface area contributed by atoms with Crippen molar-refractivity contribution in [2.24, 2.45) is 0 Å². The lowest BCUT2D eigenvalue weighted by molar-refractivity contribution is -0.384. The first-order valence-corrected chi connectivity index (χ1v) is 12.0. The van der Waals surface area contributed by atoms with Crippen molar-refractivity contribution in [3.63, 3.8) is 0 Å². The van der Waals surface area contributed by atoms with Crippen LogP contribution in [-0.2, 0) is 14.6 Å². The number of hydrogen-bond acceptors (Lipinski definition) is 8. The van der Waals surface area contributed by atoms with Crippen LogP contribution in [-0.4, -0.2) is 62.1 Å². The number of rotatable bonds is 9. The number of thiazole rings is 1. The Morgan fingerprint density at radius 1 is 1.15 bits per heavy atom. The van der Waals surface area contributed by atoms with Gasteiger partial charge in [-0.2, -0.15) is 0 Å². The van der Waals surface area contributed by atoms with Crippen LogP contribution >= 0.6 is 23.7 Å². The van der Waals surface area contributed by atoms with Crippen LogP contribution in [0.5, 0.6) is 0 Å². The van der Waals surface area contributed by atoms with Crippen molar-refractivity contribution in [3.05, 3.63) is 58.4 Å². The summed E-state index contributed by atoms with van der Waals surface area (Å²) < 4.78 is 39.0. The van der Waals surface area contributed by atoms with Crippen molar-refractivity contribution in [2.45, 2.75) is 11.3 Å². The number of fused-ring (bicyclic) bond motifs is 1. The van der Waals surface area contributed by atoms with Gasteiger partial charge in [0.2, 0.25) is 5.91 Å². The highest BCUT2D eigenvalue weighted by atomic mass is 35.5. The zero-order valence-corrected chi connectivity index (χ0v) is 20.3. The zero-order chi connectivity index (χ0) is 23.5. The molecule has 0 atom stereocenters. The van der Waals surface area contributed by atoms with Gasteiger partial charge >= 0.3 is 0 Å². The Kier molecular flexibility index (Phi) is 8.83. The summed E-state index contributed by atoms with van der Waals surface area (Å²) in [6.45, 7) is 0.878. The second-order valence-corrected chi connectivity index (χ2v) is 10.3. The summed E-state index contributed by atoms with van der Waals surface area (Å²) in [4.78, 5) is 31.0. The van der Waals surface area contributed by atoms with Gasteiger partial charge in [-0.05, 0) is 57.4 Å². The van der Waals surface area contributed by atoms with E-state index >= 15 is 0 Å². The summed E-state index contributed by atoms with van der Waals surface area (Å²) in [7, 11) is -0.246. The molecule has 0 saturated heterocycles. The van der Waals surface area contributed by atoms with E-state index in [-0.39, 0.29) is 34.7 Å². The molecule has 1 aromatic heterocycles. The highest BCUT2D eigenvalue weighted by Gasteiger charge is 2.27. The fourth-order valence-electron chi connectivity index (χ4n) is 2.97. The van der Waals surface area contributed by atoms with Crippen molar-refractivity contribution in [1.29, 1.82) is 0 Å². The van der Waals surface area contributed by atoms with Gasteiger partial charge in [-0.25, -0.2) is 17.8 Å². The van der Waals surface area contributed by atoms with Gasteiger partial charge in [0.05, 0.1) is 20.0 Å². The van der Waals surface area contributed by atoms with E-state index in [9.17, 15) is 27.7 Å². The minimum Gasteiger partial charge on any atom is -0.309 e. The first kappa shape index (κ1) is 26.6. The number of nitro groups is 1. The van der Waals surface area contributed by atoms with Gasteiger partial charge in [-0.15, -0.1) is 12.4 Å². The molecule has 33 heavy (non-hydrogen) atoms. The molecular formula is C20H22ClFN4O5S2. The topological polar surface area (TPSA) is 114 Å². The predicted octanol–water partition coefficient (Wildman–Crippen LogP) is 3.52. The summed E-state index contributed by atoms with van der Waals surface area (Å²) in [5.74, 6) is -2.07. The van der Waals surface area contributed by atoms with Gasteiger partial charge in [0.1, 0.15) is 11.6 Å². The minimum absolute atomic E-state index is 0. The van der Waals surface area contributed by atoms with Crippen LogP contribution < -0.4 is 4.90 Å². The maximum Gasteiger partial charge on any atom is 0.270 e. The van der Waals surface area contributed by atoms with Crippen molar-refractivity contribution in [1.82, 2.24) is 9.88 Å². The van der Waals surface area contributed by atoms with Crippen molar-refractivity contribution >= 4 is 60.5 Å². The monoisotopic (exact) mass is 516 g/mol. The van der Waals surface area contributed by atoms with Crippen LogP contribution in [0.1, 0.15) is 6.42 Å². The Morgan fingerprint density at radius 3 is 2.42 bits per heavy atom. The first-order chi connectivity index (χ1) is 15.1. The Hall–Kier alpha value is -2.67. The molecular weight excluding hydrogens is 495 g/mol. The second-order valence-electron chi connectivity index (χ2n) is 7.32. The van der Waals surface area contributed by atoms with Gasteiger partial charge in [0.15, 0.2) is 15.0 Å². The lowest BCUT2D eigenvalue weighted by atomic mass is 10.3. The molecule has 0 N–H and O–H groups in total. The van der Waals surface area contributed by atoms with Gasteiger partial charge in [-0.1, -0.05) is 11.3 Å². The standard InChI is InChI=1S/C20H21FN4O5S2.ClH/c1-23(2)10-3-11-24(19(26)13-32(29,30)16-7-4-14(21)5-8-16)20-22-17-9-6-15(25(27)28)12-18(17)31-20;/h4-9,12H,3,10-11,13H2,1-2H3;1H. The molecule has 0 fully saturated rings. The second kappa shape index (κ2) is 11.0. The SMILES string of the molecule is CN(C)CCCN(C(=O)CS(=O)(=O)c1ccc(F)cc1)c1nc2ccc([N+](=O)[O-])cc2s1.Cl. The molecule has 1 amide bonds. The zero-order valence-electron chi connectivity index (χ0n) is 17.8. The third-order valence-corrected chi connectivity index (χ3v) is 7.24. The summed E-state index contributed by atoms with van der Waals surface area (Å²) >= 11 is 1.08. The molecule has 0 saturated carbocycles. The quantitative estimate of drug-likeness (QED) is 0.243. The fraction of sp³-hybridized carbons (Fsp3) is 0.300. The number of halogens is 2. The largest absolute Gasteiger partial charge is 0.309 e. The van der Waals surface area contributed by atoms with Crippen LogP contribution in [0.3, 0.4) is 0 Å². The number of anilines is 1. The lowest BCUT2D eigenvalue weighted by Crippen LogP contribution is -2.37. The number of sulfone groups is 1. The van der Waals surface area contributed by atoms with Crippen molar-refractivity contribution < 1.29 is 22.5 Å². The number of benzene rings is 2. The van der Waals surface area contributed by atoms with E-state index in [2.05, 4.69) is 4.98 Å². The highest BCUT2D eigenvalue weighted by Crippen LogP contribution is 2.32. The van der Waals surface area contributed by atoms with Crippen molar-refractivity contribution in [2.75, 3.05) is 37.8 Å². The number of carbonyl (C=O) groups excluding carboxylic acids is 1.